The van der Waals surface area contributed by atoms with Crippen LogP contribution in [0, 0.1) is 5.82 Å². The molecule has 24 heavy (non-hydrogen) atoms. The number of aliphatic hydroxyl groups is 1. The van der Waals surface area contributed by atoms with Crippen LogP contribution in [-0.4, -0.2) is 39.1 Å². The highest BCUT2D eigenvalue weighted by molar-refractivity contribution is 5.66. The maximum atomic E-state index is 12.9. The van der Waals surface area contributed by atoms with Crippen molar-refractivity contribution >= 4 is 5.57 Å². The lowest BCUT2D eigenvalue weighted by Gasteiger charge is -2.19. The normalized spacial score (nSPS) is 15.3. The Labute approximate surface area is 140 Å². The second-order valence-electron chi connectivity index (χ2n) is 6.06. The molecule has 0 saturated heterocycles. The van der Waals surface area contributed by atoms with E-state index in [4.69, 9.17) is 4.74 Å². The third-order valence-corrected chi connectivity index (χ3v) is 3.99. The number of halogens is 1. The third kappa shape index (κ3) is 3.71. The molecule has 0 atom stereocenters. The Kier molecular flexibility index (Phi) is 4.76. The predicted octanol–water partition coefficient (Wildman–Crippen LogP) is 3.19. The zero-order chi connectivity index (χ0) is 17.1. The molecule has 3 rings (SSSR count). The third-order valence-electron chi connectivity index (χ3n) is 3.99. The number of aromatic nitrogens is 2. The second kappa shape index (κ2) is 6.97. The van der Waals surface area contributed by atoms with Crippen LogP contribution in [0.25, 0.3) is 5.57 Å². The Hall–Kier alpha value is -2.47. The number of ether oxygens (including phenoxy) is 1. The summed E-state index contributed by atoms with van der Waals surface area (Å²) in [5.41, 5.74) is 1.58. The fourth-order valence-corrected chi connectivity index (χ4v) is 2.51. The maximum absolute atomic E-state index is 12.9. The van der Waals surface area contributed by atoms with E-state index in [0.717, 1.165) is 11.1 Å². The molecule has 0 unspecified atom stereocenters. The Morgan fingerprint density at radius 2 is 1.96 bits per heavy atom. The lowest BCUT2D eigenvalue weighted by atomic mass is 10.2. The zero-order valence-corrected chi connectivity index (χ0v) is 13.7. The average molecular weight is 329 g/mol. The Morgan fingerprint density at radius 1 is 1.21 bits per heavy atom. The molecule has 0 fully saturated rings. The smallest absolute Gasteiger partial charge is 0.217 e. The number of hydrogen-bond donors (Lipinski definition) is 1. The summed E-state index contributed by atoms with van der Waals surface area (Å²) in [4.78, 5) is 10.8. The van der Waals surface area contributed by atoms with Crippen LogP contribution < -0.4 is 4.74 Å². The Morgan fingerprint density at radius 3 is 2.62 bits per heavy atom. The molecule has 1 aromatic carbocycles. The van der Waals surface area contributed by atoms with Crippen molar-refractivity contribution in [2.45, 2.75) is 26.5 Å². The quantitative estimate of drug-likeness (QED) is 0.913. The minimum atomic E-state index is -0.276. The summed E-state index contributed by atoms with van der Waals surface area (Å²) >= 11 is 0. The fourth-order valence-electron chi connectivity index (χ4n) is 2.51. The van der Waals surface area contributed by atoms with Crippen molar-refractivity contribution in [3.8, 4) is 5.88 Å². The van der Waals surface area contributed by atoms with Gasteiger partial charge in [-0.3, -0.25) is 4.90 Å². The van der Waals surface area contributed by atoms with E-state index in [1.54, 1.807) is 24.4 Å². The van der Waals surface area contributed by atoms with Crippen molar-refractivity contribution < 1.29 is 14.2 Å². The first-order valence-electron chi connectivity index (χ1n) is 7.88. The molecule has 126 valence electrons. The van der Waals surface area contributed by atoms with Gasteiger partial charge in [-0.15, -0.1) is 0 Å². The van der Waals surface area contributed by atoms with Crippen molar-refractivity contribution in [1.29, 1.82) is 0 Å². The molecule has 6 heteroatoms. The van der Waals surface area contributed by atoms with E-state index < -0.39 is 0 Å². The van der Waals surface area contributed by atoms with Crippen molar-refractivity contribution in [2.75, 3.05) is 13.1 Å². The topological polar surface area (TPSA) is 58.5 Å². The number of rotatable bonds is 5. The van der Waals surface area contributed by atoms with E-state index in [0.29, 0.717) is 43.2 Å². The monoisotopic (exact) mass is 329 g/mol. The summed E-state index contributed by atoms with van der Waals surface area (Å²) in [6.45, 7) is 5.58. The van der Waals surface area contributed by atoms with E-state index in [2.05, 4.69) is 28.7 Å². The highest BCUT2D eigenvalue weighted by Crippen LogP contribution is 2.25. The summed E-state index contributed by atoms with van der Waals surface area (Å²) in [7, 11) is 0. The molecule has 0 amide bonds. The Balaban J connectivity index is 1.70. The van der Waals surface area contributed by atoms with Gasteiger partial charge in [0.15, 0.2) is 5.82 Å². The molecule has 1 aliphatic heterocycles. The van der Waals surface area contributed by atoms with Gasteiger partial charge in [0.05, 0.1) is 6.54 Å². The zero-order valence-electron chi connectivity index (χ0n) is 13.7. The summed E-state index contributed by atoms with van der Waals surface area (Å²) < 4.78 is 18.6. The molecule has 2 heterocycles. The highest BCUT2D eigenvalue weighted by Gasteiger charge is 2.26. The first kappa shape index (κ1) is 16.4. The highest BCUT2D eigenvalue weighted by atomic mass is 19.1. The fraction of sp³-hybridized carbons (Fsp3) is 0.333. The van der Waals surface area contributed by atoms with Gasteiger partial charge < -0.3 is 9.84 Å². The van der Waals surface area contributed by atoms with E-state index in [-0.39, 0.29) is 5.82 Å². The lowest BCUT2D eigenvalue weighted by molar-refractivity contribution is 0.256. The van der Waals surface area contributed by atoms with Crippen LogP contribution in [-0.2, 0) is 6.61 Å². The van der Waals surface area contributed by atoms with Gasteiger partial charge in [0.1, 0.15) is 18.2 Å². The molecule has 0 bridgehead atoms. The minimum Gasteiger partial charge on any atom is -0.510 e. The van der Waals surface area contributed by atoms with E-state index in [9.17, 15) is 9.50 Å². The van der Waals surface area contributed by atoms with Gasteiger partial charge in [-0.2, -0.15) is 4.98 Å². The summed E-state index contributed by atoms with van der Waals surface area (Å²) in [6.07, 6.45) is 1.61. The molecule has 0 saturated carbocycles. The first-order valence-corrected chi connectivity index (χ1v) is 7.88. The van der Waals surface area contributed by atoms with Gasteiger partial charge in [0.2, 0.25) is 5.88 Å². The van der Waals surface area contributed by atoms with Gasteiger partial charge in [-0.05, 0) is 31.5 Å². The first-order chi connectivity index (χ1) is 11.5. The minimum absolute atomic E-state index is 0.276. The van der Waals surface area contributed by atoms with E-state index in [1.165, 1.54) is 12.1 Å². The van der Waals surface area contributed by atoms with Gasteiger partial charge in [0.25, 0.3) is 0 Å². The van der Waals surface area contributed by atoms with Crippen molar-refractivity contribution in [2.24, 2.45) is 0 Å². The van der Waals surface area contributed by atoms with Crippen LogP contribution >= 0.6 is 0 Å². The number of aliphatic hydroxyl groups excluding tert-OH is 1. The molecule has 0 radical (unpaired) electrons. The van der Waals surface area contributed by atoms with Crippen LogP contribution in [0.15, 0.2) is 42.3 Å². The lowest BCUT2D eigenvalue weighted by Crippen LogP contribution is -2.29. The predicted molar refractivity (Wildman–Crippen MR) is 89.0 cm³/mol. The molecular formula is C18H20FN3O2. The molecule has 1 aromatic heterocycles. The Bertz CT molecular complexity index is 744. The van der Waals surface area contributed by atoms with Crippen LogP contribution in [0.5, 0.6) is 5.88 Å². The second-order valence-corrected chi connectivity index (χ2v) is 6.06. The van der Waals surface area contributed by atoms with Crippen LogP contribution in [0.1, 0.15) is 25.2 Å². The summed E-state index contributed by atoms with van der Waals surface area (Å²) in [6, 6.07) is 8.13. The van der Waals surface area contributed by atoms with Gasteiger partial charge in [0, 0.05) is 30.4 Å². The van der Waals surface area contributed by atoms with Crippen molar-refractivity contribution in [1.82, 2.24) is 14.9 Å². The van der Waals surface area contributed by atoms with Crippen molar-refractivity contribution in [3.63, 3.8) is 0 Å². The van der Waals surface area contributed by atoms with E-state index in [1.807, 2.05) is 0 Å². The molecule has 5 nitrogen and oxygen atoms in total. The van der Waals surface area contributed by atoms with Gasteiger partial charge >= 0.3 is 0 Å². The van der Waals surface area contributed by atoms with E-state index >= 15 is 0 Å². The molecular weight excluding hydrogens is 309 g/mol. The van der Waals surface area contributed by atoms with Crippen molar-refractivity contribution in [3.05, 3.63) is 59.5 Å². The largest absolute Gasteiger partial charge is 0.510 e. The standard InChI is InChI=1S/C18H20FN3O2/c1-12(2)22-9-15(16(23)10-22)18-20-8-7-17(21-18)24-11-13-3-5-14(19)6-4-13/h3-8,12,23H,9-11H2,1-2H3. The SMILES string of the molecule is CC(C)N1CC(O)=C(c2nccc(OCc3ccc(F)cc3)n2)C1. The molecule has 0 spiro atoms. The number of nitrogens with zero attached hydrogens (tertiary/aromatic N) is 3. The van der Waals surface area contributed by atoms with Crippen LogP contribution in [0.3, 0.4) is 0 Å². The average Bonchev–Trinajstić information content (AvgIpc) is 2.97. The molecule has 1 aliphatic rings. The molecule has 1 N–H and O–H groups in total. The maximum Gasteiger partial charge on any atom is 0.217 e. The van der Waals surface area contributed by atoms with Gasteiger partial charge in [-0.25, -0.2) is 9.37 Å². The summed E-state index contributed by atoms with van der Waals surface area (Å²) in [5, 5.41) is 10.2. The number of hydrogen-bond acceptors (Lipinski definition) is 5. The number of benzene rings is 1. The van der Waals surface area contributed by atoms with Gasteiger partial charge in [-0.1, -0.05) is 12.1 Å². The van der Waals surface area contributed by atoms with Crippen LogP contribution in [0.4, 0.5) is 4.39 Å². The molecule has 2 aromatic rings. The molecule has 0 aliphatic carbocycles. The summed E-state index contributed by atoms with van der Waals surface area (Å²) in [5.74, 6) is 0.931. The van der Waals surface area contributed by atoms with Crippen LogP contribution in [0.2, 0.25) is 0 Å².